The molecule has 0 aromatic rings. The number of thioether (sulfide) groups is 1. The highest BCUT2D eigenvalue weighted by atomic mass is 32.2. The van der Waals surface area contributed by atoms with Crippen molar-refractivity contribution in [2.24, 2.45) is 11.1 Å². The second-order valence-electron chi connectivity index (χ2n) is 5.20. The van der Waals surface area contributed by atoms with Crippen molar-refractivity contribution in [3.05, 3.63) is 0 Å². The zero-order valence-corrected chi connectivity index (χ0v) is 12.1. The van der Waals surface area contributed by atoms with Gasteiger partial charge in [-0.15, -0.1) is 0 Å². The molecule has 2 unspecified atom stereocenters. The highest BCUT2D eigenvalue weighted by molar-refractivity contribution is 8.00. The van der Waals surface area contributed by atoms with Crippen LogP contribution in [0.1, 0.15) is 40.5 Å². The van der Waals surface area contributed by atoms with Gasteiger partial charge in [-0.2, -0.15) is 11.8 Å². The van der Waals surface area contributed by atoms with Gasteiger partial charge in [-0.3, -0.25) is 4.90 Å². The average Bonchev–Trinajstić information content (AvgIpc) is 2.32. The van der Waals surface area contributed by atoms with Gasteiger partial charge in [-0.1, -0.05) is 20.8 Å². The van der Waals surface area contributed by atoms with Gasteiger partial charge in [-0.25, -0.2) is 0 Å². The summed E-state index contributed by atoms with van der Waals surface area (Å²) in [5.41, 5.74) is 6.34. The second-order valence-corrected chi connectivity index (χ2v) is 6.68. The molecule has 1 aliphatic rings. The number of nitrogens with two attached hydrogens (primary N) is 1. The summed E-state index contributed by atoms with van der Waals surface area (Å²) in [6, 6.07) is 0.697. The number of rotatable bonds is 5. The first kappa shape index (κ1) is 14.3. The van der Waals surface area contributed by atoms with E-state index in [1.54, 1.807) is 0 Å². The van der Waals surface area contributed by atoms with Gasteiger partial charge in [-0.05, 0) is 31.7 Å². The summed E-state index contributed by atoms with van der Waals surface area (Å²) in [5.74, 6) is 1.28. The van der Waals surface area contributed by atoms with Gasteiger partial charge in [0.1, 0.15) is 0 Å². The Morgan fingerprint density at radius 1 is 1.31 bits per heavy atom. The lowest BCUT2D eigenvalue weighted by molar-refractivity contribution is 0.113. The van der Waals surface area contributed by atoms with Crippen molar-refractivity contribution < 1.29 is 0 Å². The Morgan fingerprint density at radius 3 is 2.44 bits per heavy atom. The van der Waals surface area contributed by atoms with E-state index in [2.05, 4.69) is 44.4 Å². The van der Waals surface area contributed by atoms with Crippen LogP contribution in [-0.4, -0.2) is 41.6 Å². The third kappa shape index (κ3) is 3.14. The summed E-state index contributed by atoms with van der Waals surface area (Å²) in [6.07, 6.45) is 2.40. The summed E-state index contributed by atoms with van der Waals surface area (Å²) in [7, 11) is 0. The molecule has 0 saturated carbocycles. The summed E-state index contributed by atoms with van der Waals surface area (Å²) in [6.45, 7) is 12.5. The van der Waals surface area contributed by atoms with E-state index in [1.807, 2.05) is 0 Å². The molecule has 0 aromatic heterocycles. The fourth-order valence-electron chi connectivity index (χ4n) is 2.48. The molecule has 0 radical (unpaired) electrons. The Labute approximate surface area is 105 Å². The summed E-state index contributed by atoms with van der Waals surface area (Å²) < 4.78 is 0. The fraction of sp³-hybridized carbons (Fsp3) is 1.00. The van der Waals surface area contributed by atoms with E-state index in [9.17, 15) is 0 Å². The largest absolute Gasteiger partial charge is 0.330 e. The molecule has 96 valence electrons. The van der Waals surface area contributed by atoms with Crippen LogP contribution in [0.25, 0.3) is 0 Å². The zero-order valence-electron chi connectivity index (χ0n) is 11.3. The Kier molecular flexibility index (Phi) is 5.62. The molecule has 0 amide bonds. The molecule has 2 nitrogen and oxygen atoms in total. The van der Waals surface area contributed by atoms with Crippen molar-refractivity contribution in [2.45, 2.75) is 51.8 Å². The summed E-state index contributed by atoms with van der Waals surface area (Å²) in [4.78, 5) is 2.65. The van der Waals surface area contributed by atoms with E-state index in [4.69, 9.17) is 5.73 Å². The lowest BCUT2D eigenvalue weighted by Gasteiger charge is -2.43. The van der Waals surface area contributed by atoms with Gasteiger partial charge in [0.15, 0.2) is 0 Å². The maximum absolute atomic E-state index is 5.99. The van der Waals surface area contributed by atoms with Crippen LogP contribution < -0.4 is 5.73 Å². The lowest BCUT2D eigenvalue weighted by atomic mass is 9.81. The van der Waals surface area contributed by atoms with Crippen LogP contribution in [0.3, 0.4) is 0 Å². The van der Waals surface area contributed by atoms with Crippen LogP contribution in [0.15, 0.2) is 0 Å². The third-order valence-corrected chi connectivity index (χ3v) is 5.82. The highest BCUT2D eigenvalue weighted by Crippen LogP contribution is 2.31. The van der Waals surface area contributed by atoms with E-state index in [0.717, 1.165) is 11.8 Å². The molecule has 16 heavy (non-hydrogen) atoms. The predicted octanol–water partition coefficient (Wildman–Crippen LogP) is 2.58. The SMILES string of the molecule is CCC(CC)(CN)CN1CCSC(C)C1C. The molecule has 2 atom stereocenters. The molecule has 0 spiro atoms. The van der Waals surface area contributed by atoms with E-state index in [-0.39, 0.29) is 0 Å². The maximum atomic E-state index is 5.99. The van der Waals surface area contributed by atoms with Crippen LogP contribution in [0, 0.1) is 5.41 Å². The zero-order chi connectivity index (χ0) is 12.2. The first-order chi connectivity index (χ1) is 7.58. The minimum absolute atomic E-state index is 0.343. The normalized spacial score (nSPS) is 28.3. The number of nitrogens with zero attached hydrogens (tertiary/aromatic N) is 1. The summed E-state index contributed by atoms with van der Waals surface area (Å²) >= 11 is 2.11. The van der Waals surface area contributed by atoms with E-state index < -0.39 is 0 Å². The van der Waals surface area contributed by atoms with Gasteiger partial charge in [0.05, 0.1) is 0 Å². The summed E-state index contributed by atoms with van der Waals surface area (Å²) in [5, 5.41) is 0.762. The van der Waals surface area contributed by atoms with Crippen molar-refractivity contribution >= 4 is 11.8 Å². The smallest absolute Gasteiger partial charge is 0.0184 e. The standard InChI is InChI=1S/C13H28N2S/c1-5-13(6-2,9-14)10-15-7-8-16-12(4)11(15)3/h11-12H,5-10,14H2,1-4H3. The topological polar surface area (TPSA) is 29.3 Å². The monoisotopic (exact) mass is 244 g/mol. The van der Waals surface area contributed by atoms with Crippen molar-refractivity contribution in [3.8, 4) is 0 Å². The Balaban J connectivity index is 2.63. The number of hydrogen-bond donors (Lipinski definition) is 1. The average molecular weight is 244 g/mol. The molecule has 0 aliphatic carbocycles. The molecular formula is C13H28N2S. The molecule has 2 N–H and O–H groups in total. The molecule has 1 saturated heterocycles. The maximum Gasteiger partial charge on any atom is 0.0184 e. The highest BCUT2D eigenvalue weighted by Gasteiger charge is 2.32. The molecule has 3 heteroatoms. The Bertz CT molecular complexity index is 196. The van der Waals surface area contributed by atoms with Gasteiger partial charge in [0, 0.05) is 30.1 Å². The van der Waals surface area contributed by atoms with Crippen molar-refractivity contribution in [2.75, 3.05) is 25.4 Å². The molecule has 1 aliphatic heterocycles. The van der Waals surface area contributed by atoms with Crippen LogP contribution in [0.2, 0.25) is 0 Å². The Hall–Kier alpha value is 0.270. The van der Waals surface area contributed by atoms with Crippen LogP contribution in [0.4, 0.5) is 0 Å². The van der Waals surface area contributed by atoms with Crippen LogP contribution >= 0.6 is 11.8 Å². The van der Waals surface area contributed by atoms with E-state index in [1.165, 1.54) is 31.7 Å². The molecule has 1 rings (SSSR count). The van der Waals surface area contributed by atoms with Crippen molar-refractivity contribution in [1.29, 1.82) is 0 Å². The number of hydrogen-bond acceptors (Lipinski definition) is 3. The van der Waals surface area contributed by atoms with Gasteiger partial charge in [0.25, 0.3) is 0 Å². The first-order valence-electron chi connectivity index (χ1n) is 6.64. The minimum atomic E-state index is 0.343. The van der Waals surface area contributed by atoms with E-state index in [0.29, 0.717) is 11.5 Å². The fourth-order valence-corrected chi connectivity index (χ4v) is 3.64. The van der Waals surface area contributed by atoms with Gasteiger partial charge in [0.2, 0.25) is 0 Å². The lowest BCUT2D eigenvalue weighted by Crippen LogP contribution is -2.51. The van der Waals surface area contributed by atoms with Crippen LogP contribution in [0.5, 0.6) is 0 Å². The van der Waals surface area contributed by atoms with E-state index >= 15 is 0 Å². The van der Waals surface area contributed by atoms with Crippen molar-refractivity contribution in [1.82, 2.24) is 4.90 Å². The van der Waals surface area contributed by atoms with Gasteiger partial charge < -0.3 is 5.73 Å². The molecule has 0 bridgehead atoms. The first-order valence-corrected chi connectivity index (χ1v) is 7.69. The molecular weight excluding hydrogens is 216 g/mol. The molecule has 1 heterocycles. The second kappa shape index (κ2) is 6.27. The van der Waals surface area contributed by atoms with Gasteiger partial charge >= 0.3 is 0 Å². The Morgan fingerprint density at radius 2 is 1.94 bits per heavy atom. The quantitative estimate of drug-likeness (QED) is 0.806. The predicted molar refractivity (Wildman–Crippen MR) is 75.0 cm³/mol. The van der Waals surface area contributed by atoms with Crippen LogP contribution in [-0.2, 0) is 0 Å². The molecule has 1 fully saturated rings. The molecule has 0 aromatic carbocycles. The third-order valence-electron chi connectivity index (χ3n) is 4.49. The minimum Gasteiger partial charge on any atom is -0.330 e. The van der Waals surface area contributed by atoms with Crippen molar-refractivity contribution in [3.63, 3.8) is 0 Å².